The Balaban J connectivity index is 1.66. The summed E-state index contributed by atoms with van der Waals surface area (Å²) in [4.78, 5) is 4.87. The predicted octanol–water partition coefficient (Wildman–Crippen LogP) is 1.92. The van der Waals surface area contributed by atoms with Gasteiger partial charge in [0, 0.05) is 30.5 Å². The first-order valence-corrected chi connectivity index (χ1v) is 11.2. The van der Waals surface area contributed by atoms with Crippen molar-refractivity contribution in [2.24, 2.45) is 17.7 Å². The molecule has 0 spiro atoms. The van der Waals surface area contributed by atoms with Crippen LogP contribution >= 0.6 is 0 Å². The van der Waals surface area contributed by atoms with Gasteiger partial charge in [-0.3, -0.25) is 15.6 Å². The van der Waals surface area contributed by atoms with Crippen LogP contribution in [0.25, 0.3) is 0 Å². The van der Waals surface area contributed by atoms with Gasteiger partial charge in [-0.15, -0.1) is 0 Å². The second-order valence-electron chi connectivity index (χ2n) is 9.47. The SMILES string of the molecule is CC1CC(CC(C)N(C)C(C)NN)N(CCCc2ccccc2)C1C1CC1(O)O. The van der Waals surface area contributed by atoms with Gasteiger partial charge in [0.1, 0.15) is 0 Å². The van der Waals surface area contributed by atoms with Crippen LogP contribution < -0.4 is 11.3 Å². The highest BCUT2D eigenvalue weighted by Crippen LogP contribution is 2.51. The molecule has 1 aliphatic heterocycles. The summed E-state index contributed by atoms with van der Waals surface area (Å²) in [6, 6.07) is 11.7. The van der Waals surface area contributed by atoms with E-state index in [1.807, 2.05) is 0 Å². The average Bonchev–Trinajstić information content (AvgIpc) is 3.21. The minimum atomic E-state index is -1.47. The summed E-state index contributed by atoms with van der Waals surface area (Å²) in [6.07, 6.45) is 4.95. The summed E-state index contributed by atoms with van der Waals surface area (Å²) < 4.78 is 0. The highest BCUT2D eigenvalue weighted by Gasteiger charge is 2.60. The van der Waals surface area contributed by atoms with Crippen molar-refractivity contribution in [1.82, 2.24) is 15.2 Å². The molecule has 29 heavy (non-hydrogen) atoms. The van der Waals surface area contributed by atoms with Crippen molar-refractivity contribution >= 4 is 0 Å². The number of aryl methyl sites for hydroxylation is 1. The Bertz CT molecular complexity index is 641. The fraction of sp³-hybridized carbons (Fsp3) is 0.739. The zero-order valence-electron chi connectivity index (χ0n) is 18.5. The zero-order chi connectivity index (χ0) is 21.2. The number of benzene rings is 1. The standard InChI is InChI=1S/C23H40N4O2/c1-16-13-20(14-17(2)26(4)18(3)25-24)27(22(16)21-15-23(21,28)29)12-8-11-19-9-6-5-7-10-19/h5-7,9-10,16-18,20-22,25,28-29H,8,11-15,24H2,1-4H3. The molecule has 1 saturated carbocycles. The summed E-state index contributed by atoms with van der Waals surface area (Å²) in [5.74, 6) is 4.63. The molecule has 1 saturated heterocycles. The molecular formula is C23H40N4O2. The maximum Gasteiger partial charge on any atom is 0.167 e. The van der Waals surface area contributed by atoms with E-state index in [4.69, 9.17) is 5.84 Å². The Kier molecular flexibility index (Phi) is 7.36. The van der Waals surface area contributed by atoms with E-state index in [1.165, 1.54) is 5.56 Å². The van der Waals surface area contributed by atoms with E-state index in [9.17, 15) is 10.2 Å². The first-order chi connectivity index (χ1) is 13.7. The van der Waals surface area contributed by atoms with Gasteiger partial charge in [0.2, 0.25) is 0 Å². The van der Waals surface area contributed by atoms with Gasteiger partial charge in [-0.05, 0) is 64.6 Å². The second kappa shape index (κ2) is 9.41. The average molecular weight is 405 g/mol. The molecule has 0 bridgehead atoms. The van der Waals surface area contributed by atoms with E-state index < -0.39 is 5.79 Å². The van der Waals surface area contributed by atoms with Crippen molar-refractivity contribution in [2.45, 2.75) is 83.0 Å². The summed E-state index contributed by atoms with van der Waals surface area (Å²) in [7, 11) is 2.11. The minimum Gasteiger partial charge on any atom is -0.365 e. The minimum absolute atomic E-state index is 0.0168. The third-order valence-corrected chi connectivity index (χ3v) is 7.33. The molecule has 1 aromatic carbocycles. The van der Waals surface area contributed by atoms with Crippen LogP contribution in [0.3, 0.4) is 0 Å². The van der Waals surface area contributed by atoms with Crippen LogP contribution in [-0.2, 0) is 6.42 Å². The van der Waals surface area contributed by atoms with Crippen LogP contribution in [0.15, 0.2) is 30.3 Å². The number of nitrogens with zero attached hydrogens (tertiary/aromatic N) is 2. The van der Waals surface area contributed by atoms with E-state index in [0.29, 0.717) is 24.4 Å². The number of nitrogens with two attached hydrogens (primary N) is 1. The molecular weight excluding hydrogens is 364 g/mol. The highest BCUT2D eigenvalue weighted by atomic mass is 16.5. The highest BCUT2D eigenvalue weighted by molar-refractivity contribution is 5.15. The molecule has 0 aromatic heterocycles. The lowest BCUT2D eigenvalue weighted by Crippen LogP contribution is -2.50. The van der Waals surface area contributed by atoms with Gasteiger partial charge < -0.3 is 10.2 Å². The summed E-state index contributed by atoms with van der Waals surface area (Å²) >= 11 is 0. The number of likely N-dealkylation sites (tertiary alicyclic amines) is 1. The molecule has 2 aliphatic rings. The molecule has 6 atom stereocenters. The first kappa shape index (κ1) is 22.7. The molecule has 0 amide bonds. The Morgan fingerprint density at radius 3 is 2.52 bits per heavy atom. The van der Waals surface area contributed by atoms with Gasteiger partial charge in [0.15, 0.2) is 5.79 Å². The molecule has 6 nitrogen and oxygen atoms in total. The molecule has 1 heterocycles. The molecule has 164 valence electrons. The molecule has 6 unspecified atom stereocenters. The normalized spacial score (nSPS) is 31.2. The van der Waals surface area contributed by atoms with Crippen molar-refractivity contribution in [3.63, 3.8) is 0 Å². The lowest BCUT2D eigenvalue weighted by Gasteiger charge is -2.36. The fourth-order valence-electron chi connectivity index (χ4n) is 5.29. The lowest BCUT2D eigenvalue weighted by molar-refractivity contribution is -0.0930. The molecule has 0 radical (unpaired) electrons. The van der Waals surface area contributed by atoms with E-state index >= 15 is 0 Å². The Morgan fingerprint density at radius 2 is 1.93 bits per heavy atom. The molecule has 1 aliphatic carbocycles. The van der Waals surface area contributed by atoms with E-state index in [0.717, 1.165) is 32.2 Å². The van der Waals surface area contributed by atoms with Crippen molar-refractivity contribution in [3.8, 4) is 0 Å². The maximum absolute atomic E-state index is 10.2. The number of nitrogens with one attached hydrogen (secondary N) is 1. The van der Waals surface area contributed by atoms with Gasteiger partial charge in [-0.2, -0.15) is 0 Å². The molecule has 6 heteroatoms. The Morgan fingerprint density at radius 1 is 1.28 bits per heavy atom. The molecule has 5 N–H and O–H groups in total. The van der Waals surface area contributed by atoms with Crippen LogP contribution in [0.1, 0.15) is 52.0 Å². The Labute approximate surface area is 176 Å². The second-order valence-corrected chi connectivity index (χ2v) is 9.47. The quantitative estimate of drug-likeness (QED) is 0.271. The third-order valence-electron chi connectivity index (χ3n) is 7.33. The van der Waals surface area contributed by atoms with Crippen LogP contribution in [-0.4, -0.2) is 63.7 Å². The zero-order valence-corrected chi connectivity index (χ0v) is 18.5. The van der Waals surface area contributed by atoms with Gasteiger partial charge in [0.25, 0.3) is 0 Å². The number of aliphatic hydroxyl groups is 2. The van der Waals surface area contributed by atoms with Crippen LogP contribution in [0.4, 0.5) is 0 Å². The van der Waals surface area contributed by atoms with Crippen molar-refractivity contribution in [3.05, 3.63) is 35.9 Å². The maximum atomic E-state index is 10.2. The smallest absolute Gasteiger partial charge is 0.167 e. The van der Waals surface area contributed by atoms with Crippen LogP contribution in [0, 0.1) is 11.8 Å². The van der Waals surface area contributed by atoms with Crippen molar-refractivity contribution < 1.29 is 10.2 Å². The topological polar surface area (TPSA) is 85.0 Å². The summed E-state index contributed by atoms with van der Waals surface area (Å²) in [5, 5.41) is 20.3. The largest absolute Gasteiger partial charge is 0.365 e. The summed E-state index contributed by atoms with van der Waals surface area (Å²) in [5.41, 5.74) is 4.21. The van der Waals surface area contributed by atoms with Crippen molar-refractivity contribution in [1.29, 1.82) is 0 Å². The van der Waals surface area contributed by atoms with Gasteiger partial charge in [-0.1, -0.05) is 37.3 Å². The molecule has 1 aromatic rings. The van der Waals surface area contributed by atoms with E-state index in [2.05, 4.69) is 73.4 Å². The number of hydrazine groups is 1. The molecule has 2 fully saturated rings. The number of hydrogen-bond donors (Lipinski definition) is 4. The van der Waals surface area contributed by atoms with Gasteiger partial charge >= 0.3 is 0 Å². The lowest BCUT2D eigenvalue weighted by atomic mass is 9.96. The van der Waals surface area contributed by atoms with E-state index in [-0.39, 0.29) is 18.1 Å². The van der Waals surface area contributed by atoms with Gasteiger partial charge in [0.05, 0.1) is 6.17 Å². The van der Waals surface area contributed by atoms with Crippen LogP contribution in [0.2, 0.25) is 0 Å². The van der Waals surface area contributed by atoms with E-state index in [1.54, 1.807) is 0 Å². The predicted molar refractivity (Wildman–Crippen MR) is 117 cm³/mol. The fourth-order valence-corrected chi connectivity index (χ4v) is 5.29. The summed E-state index contributed by atoms with van der Waals surface area (Å²) in [6.45, 7) is 7.61. The third kappa shape index (κ3) is 5.37. The molecule has 3 rings (SSSR count). The van der Waals surface area contributed by atoms with Gasteiger partial charge in [-0.25, -0.2) is 5.43 Å². The monoisotopic (exact) mass is 404 g/mol. The van der Waals surface area contributed by atoms with Crippen molar-refractivity contribution in [2.75, 3.05) is 13.6 Å². The van der Waals surface area contributed by atoms with Crippen LogP contribution in [0.5, 0.6) is 0 Å². The first-order valence-electron chi connectivity index (χ1n) is 11.2. The number of rotatable bonds is 10. The Hall–Kier alpha value is -1.02. The number of hydrogen-bond acceptors (Lipinski definition) is 6.